The number of thioether (sulfide) groups is 1. The van der Waals surface area contributed by atoms with E-state index in [9.17, 15) is 18.3 Å². The molecule has 0 saturated heterocycles. The molecule has 23 heavy (non-hydrogen) atoms. The number of carbonyl (C=O) groups is 1. The van der Waals surface area contributed by atoms with Crippen LogP contribution in [0.2, 0.25) is 10.0 Å². The van der Waals surface area contributed by atoms with Crippen molar-refractivity contribution in [3.8, 4) is 5.75 Å². The molecule has 1 amide bonds. The van der Waals surface area contributed by atoms with Crippen LogP contribution in [0.25, 0.3) is 0 Å². The predicted molar refractivity (Wildman–Crippen MR) is 89.1 cm³/mol. The van der Waals surface area contributed by atoms with Gasteiger partial charge >= 0.3 is 0 Å². The van der Waals surface area contributed by atoms with Crippen LogP contribution in [0.3, 0.4) is 0 Å². The first-order valence-corrected chi connectivity index (χ1v) is 9.64. The van der Waals surface area contributed by atoms with E-state index in [0.717, 1.165) is 4.90 Å². The van der Waals surface area contributed by atoms with E-state index in [4.69, 9.17) is 32.5 Å². The second-order valence-corrected chi connectivity index (χ2v) is 7.83. The largest absolute Gasteiger partial charge is 0.505 e. The fourth-order valence-corrected chi connectivity index (χ4v) is 3.20. The topological polar surface area (TPSA) is 113 Å². The summed E-state index contributed by atoms with van der Waals surface area (Å²) in [7, 11) is -4.09. The van der Waals surface area contributed by atoms with Crippen LogP contribution < -0.4 is 5.32 Å². The molecule has 0 saturated carbocycles. The van der Waals surface area contributed by atoms with Crippen molar-refractivity contribution in [3.05, 3.63) is 22.2 Å². The van der Waals surface area contributed by atoms with Crippen LogP contribution in [0.5, 0.6) is 5.75 Å². The molecule has 1 aromatic rings. The van der Waals surface area contributed by atoms with Crippen LogP contribution in [0.1, 0.15) is 0 Å². The standard InChI is InChI=1S/C12H15Cl2NO6S2/c13-9-5-8(6-10(14)12(9)17)22-3-2-21-7-11(16)15-1-4-23(18,19)20/h5-6,17H,1-4,7H2,(H,15,16)(H,18,19,20). The Morgan fingerprint density at radius 3 is 2.48 bits per heavy atom. The Hall–Kier alpha value is -0.710. The van der Waals surface area contributed by atoms with Gasteiger partial charge in [-0.3, -0.25) is 9.35 Å². The van der Waals surface area contributed by atoms with Gasteiger partial charge in [0.2, 0.25) is 5.91 Å². The molecule has 0 bridgehead atoms. The first-order chi connectivity index (χ1) is 10.7. The van der Waals surface area contributed by atoms with Crippen molar-refractivity contribution in [2.75, 3.05) is 31.3 Å². The average Bonchev–Trinajstić information content (AvgIpc) is 2.42. The molecule has 1 rings (SSSR count). The number of phenols is 1. The Kier molecular flexibility index (Phi) is 8.45. The van der Waals surface area contributed by atoms with Crippen LogP contribution >= 0.6 is 35.0 Å². The molecule has 3 N–H and O–H groups in total. The molecule has 0 atom stereocenters. The molecule has 0 aliphatic rings. The van der Waals surface area contributed by atoms with Crippen molar-refractivity contribution in [2.24, 2.45) is 0 Å². The van der Waals surface area contributed by atoms with E-state index in [-0.39, 0.29) is 35.6 Å². The lowest BCUT2D eigenvalue weighted by Crippen LogP contribution is -2.32. The van der Waals surface area contributed by atoms with E-state index < -0.39 is 21.8 Å². The second kappa shape index (κ2) is 9.55. The number of hydrogen-bond acceptors (Lipinski definition) is 6. The van der Waals surface area contributed by atoms with Gasteiger partial charge in [0.25, 0.3) is 10.1 Å². The molecule has 0 aliphatic carbocycles. The average molecular weight is 404 g/mol. The first-order valence-electron chi connectivity index (χ1n) is 6.29. The van der Waals surface area contributed by atoms with Crippen molar-refractivity contribution >= 4 is 51.0 Å². The summed E-state index contributed by atoms with van der Waals surface area (Å²) in [6.45, 7) is -0.129. The summed E-state index contributed by atoms with van der Waals surface area (Å²) in [5, 5.41) is 12.0. The molecule has 0 aliphatic heterocycles. The van der Waals surface area contributed by atoms with Gasteiger partial charge < -0.3 is 15.2 Å². The summed E-state index contributed by atoms with van der Waals surface area (Å²) >= 11 is 13.0. The number of ether oxygens (including phenoxy) is 1. The highest BCUT2D eigenvalue weighted by Crippen LogP contribution is 2.35. The minimum Gasteiger partial charge on any atom is -0.505 e. The minimum absolute atomic E-state index is 0.152. The molecule has 11 heteroatoms. The number of benzene rings is 1. The molecule has 0 fully saturated rings. The third-order valence-corrected chi connectivity index (χ3v) is 4.64. The molecule has 7 nitrogen and oxygen atoms in total. The summed E-state index contributed by atoms with van der Waals surface area (Å²) in [6.07, 6.45) is 0. The van der Waals surface area contributed by atoms with Crippen molar-refractivity contribution in [2.45, 2.75) is 4.90 Å². The lowest BCUT2D eigenvalue weighted by molar-refractivity contribution is -0.125. The Labute approximate surface area is 148 Å². The van der Waals surface area contributed by atoms with Gasteiger partial charge in [0, 0.05) is 17.2 Å². The third-order valence-electron chi connectivity index (χ3n) is 2.40. The maximum absolute atomic E-state index is 11.3. The number of amides is 1. The van der Waals surface area contributed by atoms with E-state index in [1.165, 1.54) is 11.8 Å². The molecule has 1 aromatic carbocycles. The normalized spacial score (nSPS) is 11.4. The number of phenolic OH excluding ortho intramolecular Hbond substituents is 1. The van der Waals surface area contributed by atoms with Crippen molar-refractivity contribution in [1.82, 2.24) is 5.32 Å². The summed E-state index contributed by atoms with van der Waals surface area (Å²) in [6, 6.07) is 3.13. The minimum atomic E-state index is -4.09. The fraction of sp³-hybridized carbons (Fsp3) is 0.417. The van der Waals surface area contributed by atoms with Crippen LogP contribution in [0.15, 0.2) is 17.0 Å². The zero-order chi connectivity index (χ0) is 17.5. The molecular formula is C12H15Cl2NO6S2. The summed E-state index contributed by atoms with van der Waals surface area (Å²) in [4.78, 5) is 12.1. The van der Waals surface area contributed by atoms with Gasteiger partial charge in [0.15, 0.2) is 5.75 Å². The van der Waals surface area contributed by atoms with Gasteiger partial charge in [-0.05, 0) is 12.1 Å². The van der Waals surface area contributed by atoms with Crippen molar-refractivity contribution < 1.29 is 27.6 Å². The van der Waals surface area contributed by atoms with Crippen LogP contribution in [0, 0.1) is 0 Å². The van der Waals surface area contributed by atoms with Crippen LogP contribution in [0.4, 0.5) is 0 Å². The number of aromatic hydroxyl groups is 1. The number of halogens is 2. The summed E-state index contributed by atoms with van der Waals surface area (Å²) in [5.74, 6) is -0.669. The third kappa shape index (κ3) is 8.63. The van der Waals surface area contributed by atoms with Gasteiger partial charge in [-0.25, -0.2) is 0 Å². The van der Waals surface area contributed by atoms with Crippen LogP contribution in [-0.4, -0.2) is 55.2 Å². The van der Waals surface area contributed by atoms with E-state index in [1.54, 1.807) is 12.1 Å². The SMILES string of the molecule is O=C(COCCSc1cc(Cl)c(O)c(Cl)c1)NCCS(=O)(=O)O. The monoisotopic (exact) mass is 403 g/mol. The maximum atomic E-state index is 11.3. The summed E-state index contributed by atoms with van der Waals surface area (Å²) in [5.41, 5.74) is 0. The van der Waals surface area contributed by atoms with E-state index in [0.29, 0.717) is 5.75 Å². The Morgan fingerprint density at radius 1 is 1.30 bits per heavy atom. The Bertz CT molecular complexity index is 630. The molecule has 0 aromatic heterocycles. The lowest BCUT2D eigenvalue weighted by atomic mass is 10.3. The van der Waals surface area contributed by atoms with Crippen molar-refractivity contribution in [3.63, 3.8) is 0 Å². The first kappa shape index (κ1) is 20.3. The van der Waals surface area contributed by atoms with Gasteiger partial charge in [0.05, 0.1) is 22.4 Å². The van der Waals surface area contributed by atoms with E-state index in [1.807, 2.05) is 0 Å². The zero-order valence-electron chi connectivity index (χ0n) is 11.8. The van der Waals surface area contributed by atoms with Crippen LogP contribution in [-0.2, 0) is 19.6 Å². The predicted octanol–water partition coefficient (Wildman–Crippen LogP) is 1.81. The smallest absolute Gasteiger partial charge is 0.266 e. The molecule has 130 valence electrons. The fourth-order valence-electron chi connectivity index (χ4n) is 1.38. The second-order valence-electron chi connectivity index (χ2n) is 4.27. The summed E-state index contributed by atoms with van der Waals surface area (Å²) < 4.78 is 34.5. The zero-order valence-corrected chi connectivity index (χ0v) is 14.9. The molecule has 0 unspecified atom stereocenters. The Balaban J connectivity index is 2.19. The Morgan fingerprint density at radius 2 is 1.91 bits per heavy atom. The highest BCUT2D eigenvalue weighted by molar-refractivity contribution is 7.99. The number of carbonyl (C=O) groups excluding carboxylic acids is 1. The molecule has 0 heterocycles. The van der Waals surface area contributed by atoms with Gasteiger partial charge in [0.1, 0.15) is 6.61 Å². The van der Waals surface area contributed by atoms with Gasteiger partial charge in [-0.2, -0.15) is 8.42 Å². The van der Waals surface area contributed by atoms with E-state index >= 15 is 0 Å². The number of nitrogens with one attached hydrogen (secondary N) is 1. The maximum Gasteiger partial charge on any atom is 0.266 e. The van der Waals surface area contributed by atoms with Gasteiger partial charge in [-0.1, -0.05) is 23.2 Å². The molecular weight excluding hydrogens is 389 g/mol. The quantitative estimate of drug-likeness (QED) is 0.327. The lowest BCUT2D eigenvalue weighted by Gasteiger charge is -2.07. The van der Waals surface area contributed by atoms with Gasteiger partial charge in [-0.15, -0.1) is 11.8 Å². The number of rotatable bonds is 9. The number of hydrogen-bond donors (Lipinski definition) is 3. The highest BCUT2D eigenvalue weighted by atomic mass is 35.5. The molecule has 0 spiro atoms. The van der Waals surface area contributed by atoms with E-state index in [2.05, 4.69) is 5.32 Å². The van der Waals surface area contributed by atoms with Crippen molar-refractivity contribution in [1.29, 1.82) is 0 Å². The molecule has 0 radical (unpaired) electrons. The highest BCUT2D eigenvalue weighted by Gasteiger charge is 2.08.